The number of ketones is 1. The van der Waals surface area contributed by atoms with Crippen molar-refractivity contribution < 1.29 is 9.90 Å². The molecule has 1 atom stereocenters. The first-order valence-electron chi connectivity index (χ1n) is 3.97. The molecular formula is C8H14O2. The van der Waals surface area contributed by atoms with Gasteiger partial charge in [-0.2, -0.15) is 0 Å². The van der Waals surface area contributed by atoms with Crippen molar-refractivity contribution >= 4 is 5.78 Å². The van der Waals surface area contributed by atoms with E-state index in [-0.39, 0.29) is 11.7 Å². The minimum absolute atomic E-state index is 0.0637. The van der Waals surface area contributed by atoms with Crippen molar-refractivity contribution in [2.75, 3.05) is 0 Å². The SMILES string of the molecule is CCC(O)C(=O)C1CCC1. The average Bonchev–Trinajstić information content (AvgIpc) is 1.82. The molecule has 0 aliphatic heterocycles. The number of rotatable bonds is 3. The molecule has 1 rings (SSSR count). The second kappa shape index (κ2) is 3.15. The third-order valence-electron chi connectivity index (χ3n) is 2.22. The van der Waals surface area contributed by atoms with Gasteiger partial charge in [0.05, 0.1) is 0 Å². The molecule has 0 heterocycles. The topological polar surface area (TPSA) is 37.3 Å². The van der Waals surface area contributed by atoms with Crippen LogP contribution in [0.2, 0.25) is 0 Å². The molecule has 0 aromatic rings. The van der Waals surface area contributed by atoms with E-state index < -0.39 is 6.10 Å². The van der Waals surface area contributed by atoms with Crippen LogP contribution in [-0.4, -0.2) is 17.0 Å². The summed E-state index contributed by atoms with van der Waals surface area (Å²) in [5, 5.41) is 9.11. The molecule has 0 amide bonds. The molecule has 2 nitrogen and oxygen atoms in total. The third-order valence-corrected chi connectivity index (χ3v) is 2.22. The molecule has 0 spiro atoms. The monoisotopic (exact) mass is 142 g/mol. The van der Waals surface area contributed by atoms with Crippen molar-refractivity contribution in [2.24, 2.45) is 5.92 Å². The van der Waals surface area contributed by atoms with Gasteiger partial charge in [-0.15, -0.1) is 0 Å². The van der Waals surface area contributed by atoms with Gasteiger partial charge in [0, 0.05) is 5.92 Å². The van der Waals surface area contributed by atoms with E-state index >= 15 is 0 Å². The maximum absolute atomic E-state index is 11.1. The Labute approximate surface area is 61.2 Å². The molecule has 1 aliphatic carbocycles. The molecule has 0 aromatic carbocycles. The lowest BCUT2D eigenvalue weighted by atomic mass is 9.80. The van der Waals surface area contributed by atoms with Crippen LogP contribution in [0.25, 0.3) is 0 Å². The molecule has 1 saturated carbocycles. The van der Waals surface area contributed by atoms with Crippen LogP contribution in [0.5, 0.6) is 0 Å². The van der Waals surface area contributed by atoms with E-state index in [1.54, 1.807) is 0 Å². The number of aliphatic hydroxyl groups is 1. The minimum Gasteiger partial charge on any atom is -0.385 e. The first-order valence-corrected chi connectivity index (χ1v) is 3.97. The third kappa shape index (κ3) is 1.37. The quantitative estimate of drug-likeness (QED) is 0.641. The summed E-state index contributed by atoms with van der Waals surface area (Å²) in [6, 6.07) is 0. The molecule has 2 heteroatoms. The van der Waals surface area contributed by atoms with Gasteiger partial charge in [0.2, 0.25) is 0 Å². The largest absolute Gasteiger partial charge is 0.385 e. The van der Waals surface area contributed by atoms with Crippen LogP contribution in [0.4, 0.5) is 0 Å². The highest BCUT2D eigenvalue weighted by atomic mass is 16.3. The minimum atomic E-state index is -0.690. The van der Waals surface area contributed by atoms with Gasteiger partial charge in [0.1, 0.15) is 6.10 Å². The van der Waals surface area contributed by atoms with Crippen molar-refractivity contribution in [1.29, 1.82) is 0 Å². The average molecular weight is 142 g/mol. The van der Waals surface area contributed by atoms with Gasteiger partial charge in [0.15, 0.2) is 5.78 Å². The predicted octanol–water partition coefficient (Wildman–Crippen LogP) is 1.13. The number of hydrogen-bond donors (Lipinski definition) is 1. The molecule has 10 heavy (non-hydrogen) atoms. The highest BCUT2D eigenvalue weighted by Crippen LogP contribution is 2.28. The summed E-state index contributed by atoms with van der Waals surface area (Å²) < 4.78 is 0. The smallest absolute Gasteiger partial charge is 0.164 e. The Kier molecular flexibility index (Phi) is 2.44. The molecule has 58 valence electrons. The Morgan fingerprint density at radius 3 is 2.60 bits per heavy atom. The van der Waals surface area contributed by atoms with Gasteiger partial charge in [0.25, 0.3) is 0 Å². The van der Waals surface area contributed by atoms with Crippen molar-refractivity contribution in [2.45, 2.75) is 38.7 Å². The van der Waals surface area contributed by atoms with Crippen molar-refractivity contribution in [3.8, 4) is 0 Å². The Balaban J connectivity index is 2.32. The van der Waals surface area contributed by atoms with E-state index in [9.17, 15) is 4.79 Å². The zero-order valence-corrected chi connectivity index (χ0v) is 6.34. The molecule has 0 radical (unpaired) electrons. The zero-order chi connectivity index (χ0) is 7.56. The molecule has 0 aromatic heterocycles. The van der Waals surface area contributed by atoms with Crippen LogP contribution in [0.15, 0.2) is 0 Å². The molecule has 1 fully saturated rings. The summed E-state index contributed by atoms with van der Waals surface area (Å²) in [4.78, 5) is 11.1. The second-order valence-corrected chi connectivity index (χ2v) is 2.95. The van der Waals surface area contributed by atoms with Crippen molar-refractivity contribution in [3.63, 3.8) is 0 Å². The van der Waals surface area contributed by atoms with Gasteiger partial charge in [-0.25, -0.2) is 0 Å². The molecule has 0 bridgehead atoms. The van der Waals surface area contributed by atoms with Crippen LogP contribution in [0, 0.1) is 5.92 Å². The van der Waals surface area contributed by atoms with Gasteiger partial charge in [-0.05, 0) is 19.3 Å². The van der Waals surface area contributed by atoms with E-state index in [2.05, 4.69) is 0 Å². The first-order chi connectivity index (χ1) is 4.75. The highest BCUT2D eigenvalue weighted by molar-refractivity contribution is 5.85. The molecule has 0 saturated heterocycles. The summed E-state index contributed by atoms with van der Waals surface area (Å²) in [6.07, 6.45) is 3.03. The maximum Gasteiger partial charge on any atom is 0.164 e. The Bertz CT molecular complexity index is 120. The second-order valence-electron chi connectivity index (χ2n) is 2.95. The lowest BCUT2D eigenvalue weighted by molar-refractivity contribution is -0.133. The number of Topliss-reactive ketones (excluding diaryl/α,β-unsaturated/α-hetero) is 1. The van der Waals surface area contributed by atoms with Crippen LogP contribution in [-0.2, 0) is 4.79 Å². The maximum atomic E-state index is 11.1. The lowest BCUT2D eigenvalue weighted by Gasteiger charge is -2.25. The number of carbonyl (C=O) groups is 1. The highest BCUT2D eigenvalue weighted by Gasteiger charge is 2.28. The number of aliphatic hydroxyl groups excluding tert-OH is 1. The summed E-state index contributed by atoms with van der Waals surface area (Å²) >= 11 is 0. The van der Waals surface area contributed by atoms with Crippen LogP contribution >= 0.6 is 0 Å². The molecule has 1 N–H and O–H groups in total. The van der Waals surface area contributed by atoms with E-state index in [1.807, 2.05) is 6.92 Å². The van der Waals surface area contributed by atoms with Crippen molar-refractivity contribution in [3.05, 3.63) is 0 Å². The lowest BCUT2D eigenvalue weighted by Crippen LogP contribution is -2.31. The van der Waals surface area contributed by atoms with Crippen molar-refractivity contribution in [1.82, 2.24) is 0 Å². The Morgan fingerprint density at radius 2 is 2.30 bits per heavy atom. The van der Waals surface area contributed by atoms with E-state index in [4.69, 9.17) is 5.11 Å². The summed E-state index contributed by atoms with van der Waals surface area (Å²) in [5.74, 6) is 0.253. The van der Waals surface area contributed by atoms with Crippen LogP contribution in [0.1, 0.15) is 32.6 Å². The molecule has 1 aliphatic rings. The normalized spacial score (nSPS) is 21.8. The summed E-state index contributed by atoms with van der Waals surface area (Å²) in [7, 11) is 0. The fraction of sp³-hybridized carbons (Fsp3) is 0.875. The van der Waals surface area contributed by atoms with Gasteiger partial charge >= 0.3 is 0 Å². The summed E-state index contributed by atoms with van der Waals surface area (Å²) in [5.41, 5.74) is 0. The first kappa shape index (κ1) is 7.73. The van der Waals surface area contributed by atoms with E-state index in [0.717, 1.165) is 19.3 Å². The van der Waals surface area contributed by atoms with Crippen LogP contribution < -0.4 is 0 Å². The fourth-order valence-electron chi connectivity index (χ4n) is 1.17. The van der Waals surface area contributed by atoms with Gasteiger partial charge in [-0.3, -0.25) is 4.79 Å². The summed E-state index contributed by atoms with van der Waals surface area (Å²) in [6.45, 7) is 1.83. The Morgan fingerprint density at radius 1 is 1.70 bits per heavy atom. The standard InChI is InChI=1S/C8H14O2/c1-2-7(9)8(10)6-4-3-5-6/h6-7,9H,2-5H2,1H3. The van der Waals surface area contributed by atoms with E-state index in [0.29, 0.717) is 6.42 Å². The fourth-order valence-corrected chi connectivity index (χ4v) is 1.17. The van der Waals surface area contributed by atoms with Gasteiger partial charge in [-0.1, -0.05) is 13.3 Å². The van der Waals surface area contributed by atoms with Gasteiger partial charge < -0.3 is 5.11 Å². The predicted molar refractivity (Wildman–Crippen MR) is 38.6 cm³/mol. The zero-order valence-electron chi connectivity index (χ0n) is 6.34. The molecule has 1 unspecified atom stereocenters. The van der Waals surface area contributed by atoms with Crippen LogP contribution in [0.3, 0.4) is 0 Å². The number of hydrogen-bond acceptors (Lipinski definition) is 2. The number of carbonyl (C=O) groups excluding carboxylic acids is 1. The Hall–Kier alpha value is -0.370. The van der Waals surface area contributed by atoms with E-state index in [1.165, 1.54) is 0 Å². The molecular weight excluding hydrogens is 128 g/mol.